The number of alkyl halides is 3. The van der Waals surface area contributed by atoms with Gasteiger partial charge in [0.2, 0.25) is 0 Å². The highest BCUT2D eigenvalue weighted by molar-refractivity contribution is 5.72. The van der Waals surface area contributed by atoms with Crippen LogP contribution in [0.25, 0.3) is 22.5 Å². The number of H-pyrrole nitrogens is 1. The van der Waals surface area contributed by atoms with Crippen LogP contribution in [0, 0.1) is 0 Å². The number of aromatic nitrogens is 3. The van der Waals surface area contributed by atoms with Crippen molar-refractivity contribution in [1.29, 1.82) is 0 Å². The maximum atomic E-state index is 12.7. The molecule has 0 aliphatic rings. The molecule has 1 N–H and O–H groups in total. The Morgan fingerprint density at radius 1 is 1.00 bits per heavy atom. The van der Waals surface area contributed by atoms with Crippen molar-refractivity contribution >= 4 is 5.69 Å². The molecule has 0 aliphatic carbocycles. The van der Waals surface area contributed by atoms with Crippen LogP contribution < -0.4 is 4.90 Å². The van der Waals surface area contributed by atoms with Gasteiger partial charge in [0.15, 0.2) is 5.69 Å². The molecule has 2 heterocycles. The summed E-state index contributed by atoms with van der Waals surface area (Å²) >= 11 is 0. The Morgan fingerprint density at radius 2 is 1.73 bits per heavy atom. The number of aromatic amines is 1. The smallest absolute Gasteiger partial charge is 0.372 e. The Morgan fingerprint density at radius 3 is 2.38 bits per heavy atom. The monoisotopic (exact) mass is 360 g/mol. The van der Waals surface area contributed by atoms with Crippen molar-refractivity contribution in [2.45, 2.75) is 20.0 Å². The van der Waals surface area contributed by atoms with Crippen molar-refractivity contribution in [2.75, 3.05) is 18.0 Å². The maximum absolute atomic E-state index is 12.7. The van der Waals surface area contributed by atoms with E-state index in [0.29, 0.717) is 5.69 Å². The standard InChI is InChI=1S/C19H19F3N4/c1-3-26(4-2)15-7-5-6-13(10-15)14-8-9-23-16(11-14)17-12-18(25-24-17)19(20,21)22/h5-12H,3-4H2,1-2H3,(H,24,25). The number of hydrogen-bond acceptors (Lipinski definition) is 3. The van der Waals surface area contributed by atoms with Crippen molar-refractivity contribution in [2.24, 2.45) is 0 Å². The van der Waals surface area contributed by atoms with E-state index in [9.17, 15) is 13.2 Å². The Labute approximate surface area is 149 Å². The first-order chi connectivity index (χ1) is 12.4. The zero-order valence-corrected chi connectivity index (χ0v) is 14.5. The zero-order chi connectivity index (χ0) is 18.7. The number of nitrogens with zero attached hydrogens (tertiary/aromatic N) is 3. The van der Waals surface area contributed by atoms with Crippen molar-refractivity contribution in [3.8, 4) is 22.5 Å². The molecule has 0 amide bonds. The van der Waals surface area contributed by atoms with Crippen LogP contribution in [0.1, 0.15) is 19.5 Å². The van der Waals surface area contributed by atoms with Gasteiger partial charge in [-0.2, -0.15) is 18.3 Å². The first kappa shape index (κ1) is 18.0. The number of hydrogen-bond donors (Lipinski definition) is 1. The van der Waals surface area contributed by atoms with Gasteiger partial charge in [0.1, 0.15) is 0 Å². The van der Waals surface area contributed by atoms with Crippen molar-refractivity contribution in [3.63, 3.8) is 0 Å². The SMILES string of the molecule is CCN(CC)c1cccc(-c2ccnc(-c3cc(C(F)(F)F)n[nH]3)c2)c1. The molecule has 136 valence electrons. The van der Waals surface area contributed by atoms with E-state index in [2.05, 4.69) is 40.0 Å². The number of rotatable bonds is 5. The summed E-state index contributed by atoms with van der Waals surface area (Å²) in [6.45, 7) is 5.99. The topological polar surface area (TPSA) is 44.8 Å². The van der Waals surface area contributed by atoms with Gasteiger partial charge in [-0.1, -0.05) is 12.1 Å². The summed E-state index contributed by atoms with van der Waals surface area (Å²) in [7, 11) is 0. The summed E-state index contributed by atoms with van der Waals surface area (Å²) in [5.41, 5.74) is 2.66. The summed E-state index contributed by atoms with van der Waals surface area (Å²) in [6.07, 6.45) is -2.90. The Balaban J connectivity index is 1.95. The van der Waals surface area contributed by atoms with Gasteiger partial charge in [-0.15, -0.1) is 0 Å². The van der Waals surface area contributed by atoms with E-state index in [1.165, 1.54) is 0 Å². The minimum Gasteiger partial charge on any atom is -0.372 e. The molecule has 1 aromatic carbocycles. The summed E-state index contributed by atoms with van der Waals surface area (Å²) in [5, 5.41) is 5.74. The molecule has 0 unspecified atom stereocenters. The van der Waals surface area contributed by atoms with Crippen LogP contribution in [0.3, 0.4) is 0 Å². The molecule has 7 heteroatoms. The lowest BCUT2D eigenvalue weighted by molar-refractivity contribution is -0.141. The fourth-order valence-electron chi connectivity index (χ4n) is 2.83. The molecular weight excluding hydrogens is 341 g/mol. The third-order valence-electron chi connectivity index (χ3n) is 4.21. The summed E-state index contributed by atoms with van der Waals surface area (Å²) in [4.78, 5) is 6.40. The number of anilines is 1. The molecule has 0 saturated heterocycles. The van der Waals surface area contributed by atoms with Gasteiger partial charge < -0.3 is 4.90 Å². The van der Waals surface area contributed by atoms with Crippen molar-refractivity contribution in [3.05, 3.63) is 54.4 Å². The minimum atomic E-state index is -4.48. The molecule has 3 aromatic rings. The van der Waals surface area contributed by atoms with E-state index in [4.69, 9.17) is 0 Å². The first-order valence-electron chi connectivity index (χ1n) is 8.36. The second kappa shape index (κ2) is 7.19. The lowest BCUT2D eigenvalue weighted by Gasteiger charge is -2.21. The molecule has 3 rings (SSSR count). The maximum Gasteiger partial charge on any atom is 0.435 e. The predicted octanol–water partition coefficient (Wildman–Crippen LogP) is 5.00. The highest BCUT2D eigenvalue weighted by atomic mass is 19.4. The molecule has 0 fully saturated rings. The predicted molar refractivity (Wildman–Crippen MR) is 95.8 cm³/mol. The Bertz CT molecular complexity index is 882. The Kier molecular flexibility index (Phi) is 4.97. The summed E-state index contributed by atoms with van der Waals surface area (Å²) < 4.78 is 38.2. The third kappa shape index (κ3) is 3.71. The average Bonchev–Trinajstić information content (AvgIpc) is 3.14. The van der Waals surface area contributed by atoms with Crippen LogP contribution in [-0.4, -0.2) is 28.3 Å². The normalized spacial score (nSPS) is 11.6. The molecule has 0 aliphatic heterocycles. The van der Waals surface area contributed by atoms with E-state index in [1.54, 1.807) is 12.3 Å². The van der Waals surface area contributed by atoms with E-state index < -0.39 is 11.9 Å². The quantitative estimate of drug-likeness (QED) is 0.696. The second-order valence-electron chi connectivity index (χ2n) is 5.82. The third-order valence-corrected chi connectivity index (χ3v) is 4.21. The van der Waals surface area contributed by atoms with Gasteiger partial charge in [-0.3, -0.25) is 10.1 Å². The number of halogens is 3. The van der Waals surface area contributed by atoms with Crippen LogP contribution in [0.5, 0.6) is 0 Å². The number of nitrogens with one attached hydrogen (secondary N) is 1. The minimum absolute atomic E-state index is 0.235. The molecule has 0 bridgehead atoms. The van der Waals surface area contributed by atoms with Gasteiger partial charge in [0.25, 0.3) is 0 Å². The molecule has 2 aromatic heterocycles. The Hall–Kier alpha value is -2.83. The second-order valence-corrected chi connectivity index (χ2v) is 5.82. The van der Waals surface area contributed by atoms with Gasteiger partial charge >= 0.3 is 6.18 Å². The van der Waals surface area contributed by atoms with Crippen LogP contribution in [0.2, 0.25) is 0 Å². The zero-order valence-electron chi connectivity index (χ0n) is 14.5. The largest absolute Gasteiger partial charge is 0.435 e. The lowest BCUT2D eigenvalue weighted by atomic mass is 10.0. The molecule has 26 heavy (non-hydrogen) atoms. The number of benzene rings is 1. The van der Waals surface area contributed by atoms with E-state index in [0.717, 1.165) is 36.0 Å². The number of pyridine rings is 1. The van der Waals surface area contributed by atoms with Crippen LogP contribution >= 0.6 is 0 Å². The highest BCUT2D eigenvalue weighted by Crippen LogP contribution is 2.31. The van der Waals surface area contributed by atoms with Crippen molar-refractivity contribution in [1.82, 2.24) is 15.2 Å². The summed E-state index contributed by atoms with van der Waals surface area (Å²) in [5.74, 6) is 0. The molecule has 0 radical (unpaired) electrons. The van der Waals surface area contributed by atoms with Gasteiger partial charge in [0.05, 0.1) is 11.4 Å². The molecule has 0 atom stereocenters. The molecular formula is C19H19F3N4. The molecule has 0 saturated carbocycles. The lowest BCUT2D eigenvalue weighted by Crippen LogP contribution is -2.21. The van der Waals surface area contributed by atoms with Gasteiger partial charge in [-0.25, -0.2) is 0 Å². The van der Waals surface area contributed by atoms with E-state index in [1.807, 2.05) is 24.3 Å². The fourth-order valence-corrected chi connectivity index (χ4v) is 2.83. The molecule has 0 spiro atoms. The van der Waals surface area contributed by atoms with E-state index >= 15 is 0 Å². The van der Waals surface area contributed by atoms with E-state index in [-0.39, 0.29) is 5.69 Å². The summed E-state index contributed by atoms with van der Waals surface area (Å²) in [6, 6.07) is 12.6. The van der Waals surface area contributed by atoms with Gasteiger partial charge in [0, 0.05) is 25.0 Å². The van der Waals surface area contributed by atoms with Crippen LogP contribution in [-0.2, 0) is 6.18 Å². The highest BCUT2D eigenvalue weighted by Gasteiger charge is 2.34. The van der Waals surface area contributed by atoms with Gasteiger partial charge in [-0.05, 0) is 55.3 Å². The first-order valence-corrected chi connectivity index (χ1v) is 8.36. The fraction of sp³-hybridized carbons (Fsp3) is 0.263. The van der Waals surface area contributed by atoms with Crippen molar-refractivity contribution < 1.29 is 13.2 Å². The van der Waals surface area contributed by atoms with Crippen LogP contribution in [0.4, 0.5) is 18.9 Å². The average molecular weight is 360 g/mol. The van der Waals surface area contributed by atoms with Crippen LogP contribution in [0.15, 0.2) is 48.7 Å². The molecule has 4 nitrogen and oxygen atoms in total.